The molecule has 3 nitrogen and oxygen atoms in total. The molecule has 61 valence electrons. The molecule has 0 saturated carbocycles. The molecule has 0 amide bonds. The maximum absolute atomic E-state index is 8.76. The third kappa shape index (κ3) is 1.55. The predicted octanol–water partition coefficient (Wildman–Crippen LogP) is 1.45. The van der Waals surface area contributed by atoms with Crippen LogP contribution in [0.15, 0.2) is 18.2 Å². The Kier molecular flexibility index (Phi) is 2.67. The molecule has 3 heteroatoms. The number of hydrogen-bond acceptors (Lipinski definition) is 3. The van der Waals surface area contributed by atoms with E-state index in [9.17, 15) is 0 Å². The van der Waals surface area contributed by atoms with Crippen molar-refractivity contribution in [3.8, 4) is 11.8 Å². The molecule has 0 aromatic heterocycles. The van der Waals surface area contributed by atoms with E-state index in [1.807, 2.05) is 6.07 Å². The molecule has 0 spiro atoms. The zero-order valence-corrected chi connectivity index (χ0v) is 6.61. The molecule has 1 N–H and O–H groups in total. The summed E-state index contributed by atoms with van der Waals surface area (Å²) < 4.78 is 4.94. The second-order valence-electron chi connectivity index (χ2n) is 2.20. The molecule has 1 aromatic rings. The lowest BCUT2D eigenvalue weighted by Crippen LogP contribution is -1.90. The summed E-state index contributed by atoms with van der Waals surface area (Å²) in [6.45, 7) is 0.916. The van der Waals surface area contributed by atoms with E-state index in [1.54, 1.807) is 18.2 Å². The number of aliphatic hydroxyl groups is 1. The minimum atomic E-state index is 0.496. The van der Waals surface area contributed by atoms with Crippen LogP contribution in [0.4, 0.5) is 0 Å². The van der Waals surface area contributed by atoms with Crippen LogP contribution in [0.3, 0.4) is 0 Å². The molecule has 0 bridgehead atoms. The average molecular weight is 162 g/mol. The molecule has 1 radical (unpaired) electrons. The maximum atomic E-state index is 8.76. The summed E-state index contributed by atoms with van der Waals surface area (Å²) in [6.07, 6.45) is 0. The van der Waals surface area contributed by atoms with Crippen molar-refractivity contribution >= 4 is 0 Å². The summed E-state index contributed by atoms with van der Waals surface area (Å²) >= 11 is 0. The van der Waals surface area contributed by atoms with E-state index < -0.39 is 0 Å². The topological polar surface area (TPSA) is 53.2 Å². The van der Waals surface area contributed by atoms with E-state index in [1.165, 1.54) is 7.11 Å². The summed E-state index contributed by atoms with van der Waals surface area (Å²) in [5.41, 5.74) is 1.01. The van der Waals surface area contributed by atoms with Crippen LogP contribution >= 0.6 is 0 Å². The van der Waals surface area contributed by atoms with Gasteiger partial charge in [0.05, 0.1) is 18.7 Å². The van der Waals surface area contributed by atoms with Crippen molar-refractivity contribution in [3.63, 3.8) is 0 Å². The Morgan fingerprint density at radius 2 is 2.33 bits per heavy atom. The van der Waals surface area contributed by atoms with Crippen molar-refractivity contribution in [3.05, 3.63) is 35.9 Å². The van der Waals surface area contributed by atoms with E-state index in [-0.39, 0.29) is 0 Å². The highest BCUT2D eigenvalue weighted by Crippen LogP contribution is 2.19. The van der Waals surface area contributed by atoms with Gasteiger partial charge in [-0.2, -0.15) is 5.26 Å². The lowest BCUT2D eigenvalue weighted by atomic mass is 10.1. The van der Waals surface area contributed by atoms with Gasteiger partial charge in [0.1, 0.15) is 12.4 Å². The molecule has 1 rings (SSSR count). The average Bonchev–Trinajstić information content (AvgIpc) is 2.16. The number of nitrogens with zero attached hydrogens (tertiary/aromatic N) is 1. The molecule has 0 fully saturated rings. The van der Waals surface area contributed by atoms with E-state index in [0.717, 1.165) is 6.61 Å². The predicted molar refractivity (Wildman–Crippen MR) is 43.0 cm³/mol. The van der Waals surface area contributed by atoms with Crippen molar-refractivity contribution in [1.29, 1.82) is 5.26 Å². The molecule has 0 saturated heterocycles. The molecule has 1 aromatic carbocycles. The first-order valence-corrected chi connectivity index (χ1v) is 3.37. The van der Waals surface area contributed by atoms with Gasteiger partial charge in [-0.1, -0.05) is 0 Å². The van der Waals surface area contributed by atoms with Gasteiger partial charge in [-0.15, -0.1) is 0 Å². The lowest BCUT2D eigenvalue weighted by Gasteiger charge is -2.04. The normalized spacial score (nSPS) is 9.08. The smallest absolute Gasteiger partial charge is 0.124 e. The zero-order valence-electron chi connectivity index (χ0n) is 6.61. The number of aliphatic hydroxyl groups excluding tert-OH is 1. The van der Waals surface area contributed by atoms with Crippen molar-refractivity contribution < 1.29 is 9.84 Å². The van der Waals surface area contributed by atoms with Crippen molar-refractivity contribution in [1.82, 2.24) is 0 Å². The fourth-order valence-electron chi connectivity index (χ4n) is 0.905. The van der Waals surface area contributed by atoms with E-state index in [4.69, 9.17) is 15.1 Å². The Labute approximate surface area is 70.8 Å². The highest BCUT2D eigenvalue weighted by atomic mass is 16.5. The maximum Gasteiger partial charge on any atom is 0.124 e. The van der Waals surface area contributed by atoms with Crippen LogP contribution in [0, 0.1) is 17.9 Å². The standard InChI is InChI=1S/C9H8NO2/c1-12-9-3-2-7(5-10)4-8(9)6-11/h2-4,6,11H,1H3. The van der Waals surface area contributed by atoms with Gasteiger partial charge in [-0.3, -0.25) is 0 Å². The minimum Gasteiger partial charge on any atom is -0.496 e. The van der Waals surface area contributed by atoms with Gasteiger partial charge in [-0.05, 0) is 18.2 Å². The number of ether oxygens (including phenoxy) is 1. The molecule has 0 aliphatic heterocycles. The summed E-state index contributed by atoms with van der Waals surface area (Å²) in [5, 5.41) is 17.3. The van der Waals surface area contributed by atoms with Crippen LogP contribution in [0.1, 0.15) is 11.1 Å². The van der Waals surface area contributed by atoms with Gasteiger partial charge >= 0.3 is 0 Å². The minimum absolute atomic E-state index is 0.496. The zero-order chi connectivity index (χ0) is 8.97. The largest absolute Gasteiger partial charge is 0.496 e. The van der Waals surface area contributed by atoms with Crippen LogP contribution in [-0.2, 0) is 0 Å². The number of rotatable bonds is 2. The van der Waals surface area contributed by atoms with Gasteiger partial charge in [0.2, 0.25) is 0 Å². The van der Waals surface area contributed by atoms with Crippen LogP contribution in [0.2, 0.25) is 0 Å². The number of hydrogen-bond donors (Lipinski definition) is 1. The second kappa shape index (κ2) is 3.74. The fraction of sp³-hybridized carbons (Fsp3) is 0.111. The molecule has 0 unspecified atom stereocenters. The van der Waals surface area contributed by atoms with E-state index in [2.05, 4.69) is 0 Å². The number of methoxy groups -OCH3 is 1. The van der Waals surface area contributed by atoms with Crippen LogP contribution < -0.4 is 4.74 Å². The summed E-state index contributed by atoms with van der Waals surface area (Å²) in [7, 11) is 1.51. The molecule has 0 aliphatic rings. The van der Waals surface area contributed by atoms with Crippen molar-refractivity contribution in [2.75, 3.05) is 7.11 Å². The van der Waals surface area contributed by atoms with Gasteiger partial charge in [-0.25, -0.2) is 0 Å². The Morgan fingerprint density at radius 1 is 1.58 bits per heavy atom. The first-order chi connectivity index (χ1) is 5.81. The molecular formula is C9H8NO2. The molecule has 0 atom stereocenters. The first-order valence-electron chi connectivity index (χ1n) is 3.37. The molecule has 12 heavy (non-hydrogen) atoms. The fourth-order valence-corrected chi connectivity index (χ4v) is 0.905. The quantitative estimate of drug-likeness (QED) is 0.716. The second-order valence-corrected chi connectivity index (χ2v) is 2.20. The third-order valence-electron chi connectivity index (χ3n) is 1.50. The Hall–Kier alpha value is -1.53. The van der Waals surface area contributed by atoms with Crippen LogP contribution in [0.5, 0.6) is 5.75 Å². The first kappa shape index (κ1) is 8.57. The highest BCUT2D eigenvalue weighted by Gasteiger charge is 2.02. The van der Waals surface area contributed by atoms with Gasteiger partial charge in [0.25, 0.3) is 0 Å². The van der Waals surface area contributed by atoms with E-state index in [0.29, 0.717) is 16.9 Å². The van der Waals surface area contributed by atoms with Gasteiger partial charge in [0.15, 0.2) is 0 Å². The molecular weight excluding hydrogens is 154 g/mol. The molecule has 0 aliphatic carbocycles. The summed E-state index contributed by atoms with van der Waals surface area (Å²) in [4.78, 5) is 0. The van der Waals surface area contributed by atoms with Gasteiger partial charge in [0, 0.05) is 5.56 Å². The van der Waals surface area contributed by atoms with Crippen molar-refractivity contribution in [2.45, 2.75) is 0 Å². The number of nitriles is 1. The van der Waals surface area contributed by atoms with E-state index >= 15 is 0 Å². The van der Waals surface area contributed by atoms with Crippen molar-refractivity contribution in [2.24, 2.45) is 0 Å². The van der Waals surface area contributed by atoms with Crippen LogP contribution in [-0.4, -0.2) is 12.2 Å². The van der Waals surface area contributed by atoms with Crippen LogP contribution in [0.25, 0.3) is 0 Å². The Morgan fingerprint density at radius 3 is 2.83 bits per heavy atom. The highest BCUT2D eigenvalue weighted by molar-refractivity contribution is 5.44. The van der Waals surface area contributed by atoms with Gasteiger partial charge < -0.3 is 9.84 Å². The SMILES string of the molecule is COc1ccc(C#N)cc1[CH]O. The molecule has 0 heterocycles. The third-order valence-corrected chi connectivity index (χ3v) is 1.50. The lowest BCUT2D eigenvalue weighted by molar-refractivity contribution is 0.384. The summed E-state index contributed by atoms with van der Waals surface area (Å²) in [6, 6.07) is 6.79. The Bertz CT molecular complexity index is 315. The number of benzene rings is 1. The summed E-state index contributed by atoms with van der Waals surface area (Å²) in [5.74, 6) is 0.552. The monoisotopic (exact) mass is 162 g/mol. The Balaban J connectivity index is 3.13.